The predicted molar refractivity (Wildman–Crippen MR) is 44.0 cm³/mol. The first-order valence-electron chi connectivity index (χ1n) is 3.80. The second-order valence-electron chi connectivity index (χ2n) is 2.27. The van der Waals surface area contributed by atoms with Crippen LogP contribution in [0.25, 0.3) is 0 Å². The molecule has 6 nitrogen and oxygen atoms in total. The van der Waals surface area contributed by atoms with Crippen LogP contribution in [-0.4, -0.2) is 22.8 Å². The molecule has 1 aromatic heterocycles. The maximum absolute atomic E-state index is 11.2. The van der Waals surface area contributed by atoms with Crippen molar-refractivity contribution in [1.29, 1.82) is 10.5 Å². The van der Waals surface area contributed by atoms with Crippen LogP contribution < -0.4 is 0 Å². The fourth-order valence-corrected chi connectivity index (χ4v) is 0.883. The number of nitrogens with zero attached hydrogens (tertiary/aromatic N) is 3. The fraction of sp³-hybridized carbons (Fsp3) is 0.250. The quantitative estimate of drug-likeness (QED) is 0.677. The highest BCUT2D eigenvalue weighted by molar-refractivity contribution is 5.90. The second kappa shape index (κ2) is 4.06. The molecule has 0 atom stereocenters. The van der Waals surface area contributed by atoms with E-state index in [1.54, 1.807) is 19.1 Å². The maximum atomic E-state index is 11.2. The number of carbonyl (C=O) groups is 1. The molecular formula is C8H6N4O2. The Morgan fingerprint density at radius 2 is 2.29 bits per heavy atom. The molecule has 0 saturated heterocycles. The summed E-state index contributed by atoms with van der Waals surface area (Å²) in [5.74, 6) is -0.682. The first-order chi connectivity index (χ1) is 6.74. The molecule has 0 aliphatic heterocycles. The van der Waals surface area contributed by atoms with Crippen molar-refractivity contribution >= 4 is 5.97 Å². The van der Waals surface area contributed by atoms with E-state index in [9.17, 15) is 4.79 Å². The fourth-order valence-electron chi connectivity index (χ4n) is 0.883. The van der Waals surface area contributed by atoms with Crippen LogP contribution in [0.4, 0.5) is 0 Å². The van der Waals surface area contributed by atoms with Gasteiger partial charge < -0.3 is 4.74 Å². The molecule has 0 unspecified atom stereocenters. The van der Waals surface area contributed by atoms with Gasteiger partial charge in [0.1, 0.15) is 17.7 Å². The van der Waals surface area contributed by atoms with E-state index in [1.165, 1.54) is 0 Å². The van der Waals surface area contributed by atoms with E-state index in [4.69, 9.17) is 10.5 Å². The minimum absolute atomic E-state index is 0.0778. The van der Waals surface area contributed by atoms with Crippen molar-refractivity contribution in [2.75, 3.05) is 6.61 Å². The number of nitriles is 2. The zero-order chi connectivity index (χ0) is 10.6. The van der Waals surface area contributed by atoms with Crippen LogP contribution >= 0.6 is 0 Å². The van der Waals surface area contributed by atoms with E-state index in [1.807, 2.05) is 0 Å². The molecule has 70 valence electrons. The second-order valence-corrected chi connectivity index (χ2v) is 2.27. The third-order valence-electron chi connectivity index (χ3n) is 1.46. The Morgan fingerprint density at radius 1 is 1.57 bits per heavy atom. The van der Waals surface area contributed by atoms with Crippen molar-refractivity contribution < 1.29 is 9.53 Å². The van der Waals surface area contributed by atoms with E-state index in [0.717, 1.165) is 0 Å². The van der Waals surface area contributed by atoms with Crippen LogP contribution in [0.1, 0.15) is 28.7 Å². The van der Waals surface area contributed by atoms with Gasteiger partial charge in [-0.05, 0) is 6.92 Å². The van der Waals surface area contributed by atoms with Gasteiger partial charge >= 0.3 is 5.97 Å². The monoisotopic (exact) mass is 190 g/mol. The van der Waals surface area contributed by atoms with Crippen molar-refractivity contribution in [2.45, 2.75) is 6.92 Å². The van der Waals surface area contributed by atoms with Gasteiger partial charge in [0, 0.05) is 0 Å². The smallest absolute Gasteiger partial charge is 0.357 e. The lowest BCUT2D eigenvalue weighted by molar-refractivity contribution is 0.0519. The molecule has 0 aliphatic carbocycles. The predicted octanol–water partition coefficient (Wildman–Crippen LogP) is 0.330. The highest BCUT2D eigenvalue weighted by Crippen LogP contribution is 2.09. The van der Waals surface area contributed by atoms with Crippen LogP contribution in [0.15, 0.2) is 0 Å². The Bertz CT molecular complexity index is 435. The highest BCUT2D eigenvalue weighted by atomic mass is 16.5. The molecule has 0 radical (unpaired) electrons. The van der Waals surface area contributed by atoms with Crippen molar-refractivity contribution in [2.24, 2.45) is 0 Å². The van der Waals surface area contributed by atoms with E-state index < -0.39 is 5.97 Å². The molecular weight excluding hydrogens is 184 g/mol. The molecule has 1 heterocycles. The number of nitrogens with one attached hydrogen (secondary N) is 1. The average molecular weight is 190 g/mol. The Hall–Kier alpha value is -2.34. The summed E-state index contributed by atoms with van der Waals surface area (Å²) in [4.78, 5) is 11.2. The minimum atomic E-state index is -0.682. The van der Waals surface area contributed by atoms with Gasteiger partial charge in [-0.2, -0.15) is 15.6 Å². The lowest BCUT2D eigenvalue weighted by Gasteiger charge is -1.97. The van der Waals surface area contributed by atoms with Crippen LogP contribution in [-0.2, 0) is 4.74 Å². The molecule has 0 aromatic carbocycles. The zero-order valence-corrected chi connectivity index (χ0v) is 7.37. The Balaban J connectivity index is 3.12. The number of ether oxygens (including phenoxy) is 1. The summed E-state index contributed by atoms with van der Waals surface area (Å²) in [5.41, 5.74) is -0.257. The Labute approximate surface area is 79.7 Å². The molecule has 0 fully saturated rings. The molecule has 6 heteroatoms. The molecule has 0 spiro atoms. The third-order valence-corrected chi connectivity index (χ3v) is 1.46. The number of hydrogen-bond donors (Lipinski definition) is 1. The SMILES string of the molecule is CCOC(=O)c1[nH]nc(C#N)c1C#N. The summed E-state index contributed by atoms with van der Waals surface area (Å²) in [6, 6.07) is 3.41. The normalized spacial score (nSPS) is 8.79. The molecule has 1 rings (SSSR count). The number of carbonyl (C=O) groups excluding carboxylic acids is 1. The van der Waals surface area contributed by atoms with Gasteiger partial charge in [0.15, 0.2) is 11.4 Å². The van der Waals surface area contributed by atoms with Crippen molar-refractivity contribution in [3.8, 4) is 12.1 Å². The number of esters is 1. The minimum Gasteiger partial charge on any atom is -0.461 e. The van der Waals surface area contributed by atoms with Crippen molar-refractivity contribution in [3.05, 3.63) is 17.0 Å². The third kappa shape index (κ3) is 1.54. The summed E-state index contributed by atoms with van der Waals surface area (Å²) in [6.45, 7) is 1.84. The summed E-state index contributed by atoms with van der Waals surface area (Å²) >= 11 is 0. The van der Waals surface area contributed by atoms with Gasteiger partial charge in [0.2, 0.25) is 0 Å². The summed E-state index contributed by atoms with van der Waals surface area (Å²) in [7, 11) is 0. The molecule has 1 N–H and O–H groups in total. The van der Waals surface area contributed by atoms with E-state index in [0.29, 0.717) is 0 Å². The summed E-state index contributed by atoms with van der Waals surface area (Å²) in [5, 5.41) is 23.0. The standard InChI is InChI=1S/C8H6N4O2/c1-2-14-8(13)7-5(3-9)6(4-10)11-12-7/h2H2,1H3,(H,11,12). The first-order valence-corrected chi connectivity index (χ1v) is 3.80. The van der Waals surface area contributed by atoms with Crippen molar-refractivity contribution in [3.63, 3.8) is 0 Å². The van der Waals surface area contributed by atoms with Gasteiger partial charge in [-0.25, -0.2) is 4.79 Å². The van der Waals surface area contributed by atoms with Gasteiger partial charge in [0.25, 0.3) is 0 Å². The zero-order valence-electron chi connectivity index (χ0n) is 7.37. The molecule has 0 aliphatic rings. The summed E-state index contributed by atoms with van der Waals surface area (Å²) < 4.78 is 4.66. The Kier molecular flexibility index (Phi) is 2.82. The lowest BCUT2D eigenvalue weighted by Crippen LogP contribution is -2.06. The number of aromatic amines is 1. The van der Waals surface area contributed by atoms with Crippen LogP contribution in [0.3, 0.4) is 0 Å². The van der Waals surface area contributed by atoms with E-state index in [2.05, 4.69) is 14.9 Å². The molecule has 0 amide bonds. The number of rotatable bonds is 2. The van der Waals surface area contributed by atoms with Gasteiger partial charge in [-0.3, -0.25) is 5.10 Å². The molecule has 1 aromatic rings. The molecule has 0 bridgehead atoms. The summed E-state index contributed by atoms with van der Waals surface area (Å²) in [6.07, 6.45) is 0. The van der Waals surface area contributed by atoms with Gasteiger partial charge in [-0.15, -0.1) is 0 Å². The largest absolute Gasteiger partial charge is 0.461 e. The highest BCUT2D eigenvalue weighted by Gasteiger charge is 2.19. The number of hydrogen-bond acceptors (Lipinski definition) is 5. The lowest BCUT2D eigenvalue weighted by atomic mass is 10.2. The van der Waals surface area contributed by atoms with Gasteiger partial charge in [0.05, 0.1) is 6.61 Å². The van der Waals surface area contributed by atoms with Crippen LogP contribution in [0.5, 0.6) is 0 Å². The number of aromatic nitrogens is 2. The van der Waals surface area contributed by atoms with Crippen LogP contribution in [0, 0.1) is 22.7 Å². The topological polar surface area (TPSA) is 103 Å². The number of H-pyrrole nitrogens is 1. The van der Waals surface area contributed by atoms with E-state index in [-0.39, 0.29) is 23.6 Å². The Morgan fingerprint density at radius 3 is 2.79 bits per heavy atom. The van der Waals surface area contributed by atoms with Crippen LogP contribution in [0.2, 0.25) is 0 Å². The maximum Gasteiger partial charge on any atom is 0.357 e. The van der Waals surface area contributed by atoms with Crippen molar-refractivity contribution in [1.82, 2.24) is 10.2 Å². The van der Waals surface area contributed by atoms with E-state index >= 15 is 0 Å². The average Bonchev–Trinajstić information content (AvgIpc) is 2.60. The van der Waals surface area contributed by atoms with Gasteiger partial charge in [-0.1, -0.05) is 0 Å². The molecule has 0 saturated carbocycles. The first kappa shape index (κ1) is 9.75. The molecule has 14 heavy (non-hydrogen) atoms.